The van der Waals surface area contributed by atoms with Gasteiger partial charge in [-0.1, -0.05) is 151 Å². The zero-order chi connectivity index (χ0) is 37.7. The Bertz CT molecular complexity index is 822. The number of carbonyl (C=O) groups is 2. The topological polar surface area (TPSA) is 64.6 Å². The molecule has 0 unspecified atom stereocenters. The Labute approximate surface area is 317 Å². The first-order valence-corrected chi connectivity index (χ1v) is 26.2. The number of unbranched alkanes of at least 4 members (excludes halogenated alkanes) is 16. The highest BCUT2D eigenvalue weighted by atomic mass is 28.3. The lowest BCUT2D eigenvalue weighted by Crippen LogP contribution is -2.31. The van der Waals surface area contributed by atoms with Crippen LogP contribution in [-0.4, -0.2) is 48.0 Å². The molecule has 0 radical (unpaired) electrons. The van der Waals surface area contributed by atoms with Gasteiger partial charge in [0.2, 0.25) is 0 Å². The second-order valence-corrected chi connectivity index (χ2v) is 24.3. The van der Waals surface area contributed by atoms with Crippen LogP contribution in [0.5, 0.6) is 0 Å². The van der Waals surface area contributed by atoms with Crippen molar-refractivity contribution in [2.24, 2.45) is 0 Å². The summed E-state index contributed by atoms with van der Waals surface area (Å²) in [7, 11) is -2.70. The third-order valence-corrected chi connectivity index (χ3v) is 20.0. The molecule has 0 aliphatic heterocycles. The SMILES string of the molecule is C=CC[Si](CC=C)(CC=C)CCCCCCCCCCCOC(=O)CCNC(=O)OCCCCCCCCCCC[Si](CC=C)(CC=C)CC=C. The summed E-state index contributed by atoms with van der Waals surface area (Å²) in [6.45, 7) is 25.1. The number of allylic oxidation sites excluding steroid dienone is 6. The van der Waals surface area contributed by atoms with Crippen LogP contribution >= 0.6 is 0 Å². The largest absolute Gasteiger partial charge is 0.466 e. The Kier molecular flexibility index (Phi) is 33.1. The van der Waals surface area contributed by atoms with E-state index in [0.717, 1.165) is 25.7 Å². The molecule has 0 bridgehead atoms. The fourth-order valence-electron chi connectivity index (χ4n) is 7.37. The van der Waals surface area contributed by atoms with Gasteiger partial charge in [-0.05, 0) is 49.1 Å². The highest BCUT2D eigenvalue weighted by Crippen LogP contribution is 2.31. The lowest BCUT2D eigenvalue weighted by atomic mass is 10.1. The number of nitrogens with one attached hydrogen (secondary N) is 1. The van der Waals surface area contributed by atoms with Crippen LogP contribution in [0.3, 0.4) is 0 Å². The molecule has 1 N–H and O–H groups in total. The molecule has 0 atom stereocenters. The van der Waals surface area contributed by atoms with E-state index in [1.165, 1.54) is 138 Å². The fraction of sp³-hybridized carbons (Fsp3) is 0.682. The van der Waals surface area contributed by atoms with Crippen LogP contribution in [0.4, 0.5) is 4.79 Å². The monoisotopic (exact) mass is 742 g/mol. The number of carbonyl (C=O) groups excluding carboxylic acids is 2. The van der Waals surface area contributed by atoms with Crippen molar-refractivity contribution in [2.45, 2.75) is 170 Å². The Hall–Kier alpha value is -2.39. The molecule has 5 nitrogen and oxygen atoms in total. The molecule has 0 aliphatic rings. The molecular weight excluding hydrogens is 663 g/mol. The van der Waals surface area contributed by atoms with Crippen molar-refractivity contribution in [2.75, 3.05) is 19.8 Å². The lowest BCUT2D eigenvalue weighted by Gasteiger charge is -2.28. The molecule has 0 aliphatic carbocycles. The minimum atomic E-state index is -1.35. The van der Waals surface area contributed by atoms with E-state index in [0.29, 0.717) is 13.2 Å². The lowest BCUT2D eigenvalue weighted by molar-refractivity contribution is -0.143. The Balaban J connectivity index is 3.62. The smallest absolute Gasteiger partial charge is 0.407 e. The number of alkyl carbamates (subject to hydrolysis) is 1. The standard InChI is InChI=1S/C44H79NO4Si2/c1-7-35-50(36-8-2,37-9-3)41-29-25-21-17-13-15-19-23-27-33-48-43(46)31-32-45-44(47)49-34-28-24-20-16-14-18-22-26-30-42-51(38-10-4,39-11-5)40-12-6/h7-12H,1-6,13-42H2,(H,45,47). The minimum Gasteiger partial charge on any atom is -0.466 e. The second kappa shape index (κ2) is 34.7. The predicted molar refractivity (Wildman–Crippen MR) is 229 cm³/mol. The van der Waals surface area contributed by atoms with Crippen LogP contribution < -0.4 is 5.32 Å². The number of hydrogen-bond acceptors (Lipinski definition) is 4. The van der Waals surface area contributed by atoms with E-state index >= 15 is 0 Å². The molecule has 0 saturated carbocycles. The van der Waals surface area contributed by atoms with Gasteiger partial charge in [-0.3, -0.25) is 4.79 Å². The summed E-state index contributed by atoms with van der Waals surface area (Å²) >= 11 is 0. The molecule has 1 amide bonds. The van der Waals surface area contributed by atoms with Gasteiger partial charge in [0.15, 0.2) is 0 Å². The molecule has 0 rings (SSSR count). The third kappa shape index (κ3) is 27.9. The summed E-state index contributed by atoms with van der Waals surface area (Å²) in [6.07, 6.45) is 34.2. The Morgan fingerprint density at radius 2 is 0.725 bits per heavy atom. The first-order valence-electron chi connectivity index (χ1n) is 20.6. The third-order valence-electron chi connectivity index (χ3n) is 10.3. The van der Waals surface area contributed by atoms with Gasteiger partial charge in [0.25, 0.3) is 0 Å². The summed E-state index contributed by atoms with van der Waals surface area (Å²) in [5, 5.41) is 2.66. The van der Waals surface area contributed by atoms with Gasteiger partial charge in [0, 0.05) is 6.54 Å². The summed E-state index contributed by atoms with van der Waals surface area (Å²) in [6, 6.07) is 9.71. The van der Waals surface area contributed by atoms with Crippen molar-refractivity contribution in [3.63, 3.8) is 0 Å². The summed E-state index contributed by atoms with van der Waals surface area (Å²) in [5.74, 6) is -0.264. The normalized spacial score (nSPS) is 11.4. The molecule has 0 heterocycles. The molecule has 292 valence electrons. The minimum absolute atomic E-state index is 0.175. The molecule has 0 aromatic heterocycles. The van der Waals surface area contributed by atoms with Crippen LogP contribution in [-0.2, 0) is 14.3 Å². The van der Waals surface area contributed by atoms with Gasteiger partial charge in [-0.15, -0.1) is 39.5 Å². The molecule has 51 heavy (non-hydrogen) atoms. The first-order chi connectivity index (χ1) is 24.9. The van der Waals surface area contributed by atoms with Crippen molar-refractivity contribution in [3.05, 3.63) is 75.9 Å². The summed E-state index contributed by atoms with van der Waals surface area (Å²) < 4.78 is 10.6. The quantitative estimate of drug-likeness (QED) is 0.0295. The van der Waals surface area contributed by atoms with Crippen molar-refractivity contribution in [3.8, 4) is 0 Å². The van der Waals surface area contributed by atoms with Crippen molar-refractivity contribution >= 4 is 28.2 Å². The Morgan fingerprint density at radius 1 is 0.431 bits per heavy atom. The van der Waals surface area contributed by atoms with Gasteiger partial charge in [-0.2, -0.15) is 0 Å². The van der Waals surface area contributed by atoms with Gasteiger partial charge in [-0.25, -0.2) is 4.79 Å². The van der Waals surface area contributed by atoms with E-state index in [4.69, 9.17) is 9.47 Å². The maximum Gasteiger partial charge on any atom is 0.407 e. The van der Waals surface area contributed by atoms with Crippen LogP contribution in [0.2, 0.25) is 48.4 Å². The molecule has 0 aromatic carbocycles. The van der Waals surface area contributed by atoms with Crippen molar-refractivity contribution in [1.82, 2.24) is 5.32 Å². The number of esters is 1. The average molecular weight is 742 g/mol. The molecule has 0 spiro atoms. The number of ether oxygens (including phenoxy) is 2. The molecule has 0 aromatic rings. The van der Waals surface area contributed by atoms with Crippen molar-refractivity contribution in [1.29, 1.82) is 0 Å². The summed E-state index contributed by atoms with van der Waals surface area (Å²) in [5.41, 5.74) is 0. The molecular formula is C44H79NO4Si2. The van der Waals surface area contributed by atoms with E-state index in [2.05, 4.69) is 81.2 Å². The maximum absolute atomic E-state index is 12.0. The maximum atomic E-state index is 12.0. The number of hydrogen-bond donors (Lipinski definition) is 1. The second-order valence-electron chi connectivity index (χ2n) is 14.9. The highest BCUT2D eigenvalue weighted by molar-refractivity contribution is 6.81. The summed E-state index contributed by atoms with van der Waals surface area (Å²) in [4.78, 5) is 23.9. The van der Waals surface area contributed by atoms with Gasteiger partial charge in [0.05, 0.1) is 35.8 Å². The van der Waals surface area contributed by atoms with E-state index in [9.17, 15) is 9.59 Å². The zero-order valence-electron chi connectivity index (χ0n) is 33.1. The average Bonchev–Trinajstić information content (AvgIpc) is 3.10. The van der Waals surface area contributed by atoms with E-state index < -0.39 is 22.2 Å². The number of rotatable bonds is 39. The van der Waals surface area contributed by atoms with Gasteiger partial charge >= 0.3 is 12.1 Å². The highest BCUT2D eigenvalue weighted by Gasteiger charge is 2.28. The van der Waals surface area contributed by atoms with Crippen LogP contribution in [0, 0.1) is 0 Å². The fourth-order valence-corrected chi connectivity index (χ4v) is 15.3. The van der Waals surface area contributed by atoms with E-state index in [1.54, 1.807) is 0 Å². The predicted octanol–water partition coefficient (Wildman–Crippen LogP) is 13.7. The van der Waals surface area contributed by atoms with Gasteiger partial charge in [0.1, 0.15) is 0 Å². The first kappa shape index (κ1) is 48.6. The Morgan fingerprint density at radius 3 is 1.06 bits per heavy atom. The van der Waals surface area contributed by atoms with E-state index in [1.807, 2.05) is 0 Å². The molecule has 0 fully saturated rings. The van der Waals surface area contributed by atoms with Crippen molar-refractivity contribution < 1.29 is 19.1 Å². The van der Waals surface area contributed by atoms with Crippen LogP contribution in [0.15, 0.2) is 75.9 Å². The van der Waals surface area contributed by atoms with Gasteiger partial charge < -0.3 is 14.8 Å². The zero-order valence-corrected chi connectivity index (χ0v) is 35.1. The van der Waals surface area contributed by atoms with Crippen LogP contribution in [0.1, 0.15) is 122 Å². The van der Waals surface area contributed by atoms with Crippen LogP contribution in [0.25, 0.3) is 0 Å². The molecule has 7 heteroatoms. The van der Waals surface area contributed by atoms with E-state index in [-0.39, 0.29) is 18.9 Å². The molecule has 0 saturated heterocycles. The number of amides is 1.